The molecular weight excluding hydrogens is 369 g/mol. The van der Waals surface area contributed by atoms with Crippen LogP contribution in [0.2, 0.25) is 0 Å². The second-order valence-electron chi connectivity index (χ2n) is 6.66. The summed E-state index contributed by atoms with van der Waals surface area (Å²) >= 11 is 0. The third-order valence-corrected chi connectivity index (χ3v) is 6.85. The average molecular weight is 391 g/mol. The summed E-state index contributed by atoms with van der Waals surface area (Å²) in [7, 11) is -3.69. The molecule has 0 aliphatic carbocycles. The standard InChI is InChI=1S/C19H22FN3O3S/c1-14-12-17(20)2-3-18(14)27(25,26)23-10-6-16(7-11-23)19(24)22-13-15-4-8-21-9-5-15/h2-5,8-9,12,16H,6-7,10-11,13H2,1H3,(H,22,24). The first-order valence-electron chi connectivity index (χ1n) is 8.81. The second-order valence-corrected chi connectivity index (χ2v) is 8.57. The van der Waals surface area contributed by atoms with Crippen LogP contribution in [0.1, 0.15) is 24.0 Å². The molecule has 0 bridgehead atoms. The number of carbonyl (C=O) groups excluding carboxylic acids is 1. The van der Waals surface area contributed by atoms with E-state index in [4.69, 9.17) is 0 Å². The van der Waals surface area contributed by atoms with Gasteiger partial charge in [0, 0.05) is 37.9 Å². The molecule has 144 valence electrons. The summed E-state index contributed by atoms with van der Waals surface area (Å²) in [5, 5.41) is 2.89. The highest BCUT2D eigenvalue weighted by Crippen LogP contribution is 2.26. The van der Waals surface area contributed by atoms with Gasteiger partial charge in [0.2, 0.25) is 15.9 Å². The van der Waals surface area contributed by atoms with Crippen molar-refractivity contribution in [2.24, 2.45) is 5.92 Å². The first-order valence-corrected chi connectivity index (χ1v) is 10.2. The Morgan fingerprint density at radius 2 is 1.89 bits per heavy atom. The smallest absolute Gasteiger partial charge is 0.243 e. The maximum atomic E-state index is 13.3. The van der Waals surface area contributed by atoms with E-state index in [-0.39, 0.29) is 29.8 Å². The van der Waals surface area contributed by atoms with Gasteiger partial charge in [-0.15, -0.1) is 0 Å². The Kier molecular flexibility index (Phi) is 5.86. The highest BCUT2D eigenvalue weighted by molar-refractivity contribution is 7.89. The van der Waals surface area contributed by atoms with Crippen LogP contribution in [0.25, 0.3) is 0 Å². The number of rotatable bonds is 5. The zero-order chi connectivity index (χ0) is 19.4. The van der Waals surface area contributed by atoms with Crippen molar-refractivity contribution in [3.05, 3.63) is 59.7 Å². The molecule has 1 N–H and O–H groups in total. The van der Waals surface area contributed by atoms with Crippen molar-refractivity contribution in [3.63, 3.8) is 0 Å². The predicted octanol–water partition coefficient (Wildman–Crippen LogP) is 2.25. The lowest BCUT2D eigenvalue weighted by Gasteiger charge is -2.31. The molecule has 3 rings (SSSR count). The third-order valence-electron chi connectivity index (χ3n) is 4.80. The number of halogens is 1. The number of carbonyl (C=O) groups is 1. The van der Waals surface area contributed by atoms with Crippen molar-refractivity contribution in [3.8, 4) is 0 Å². The van der Waals surface area contributed by atoms with Crippen molar-refractivity contribution in [2.75, 3.05) is 13.1 Å². The topological polar surface area (TPSA) is 79.4 Å². The fraction of sp³-hybridized carbons (Fsp3) is 0.368. The molecule has 1 aromatic carbocycles. The van der Waals surface area contributed by atoms with E-state index in [9.17, 15) is 17.6 Å². The van der Waals surface area contributed by atoms with Crippen molar-refractivity contribution in [1.29, 1.82) is 0 Å². The van der Waals surface area contributed by atoms with E-state index in [1.807, 2.05) is 12.1 Å². The quantitative estimate of drug-likeness (QED) is 0.848. The number of benzene rings is 1. The minimum absolute atomic E-state index is 0.0678. The Labute approximate surface area is 158 Å². The molecule has 0 spiro atoms. The Hall–Kier alpha value is -2.32. The maximum Gasteiger partial charge on any atom is 0.243 e. The van der Waals surface area contributed by atoms with Gasteiger partial charge in [-0.2, -0.15) is 4.31 Å². The number of nitrogens with zero attached hydrogens (tertiary/aromatic N) is 2. The number of hydrogen-bond donors (Lipinski definition) is 1. The Morgan fingerprint density at radius 3 is 2.52 bits per heavy atom. The van der Waals surface area contributed by atoms with Crippen LogP contribution in [0.5, 0.6) is 0 Å². The van der Waals surface area contributed by atoms with Crippen molar-refractivity contribution in [2.45, 2.75) is 31.2 Å². The third kappa shape index (κ3) is 4.51. The zero-order valence-corrected chi connectivity index (χ0v) is 15.9. The summed E-state index contributed by atoms with van der Waals surface area (Å²) in [4.78, 5) is 16.4. The molecule has 27 heavy (non-hydrogen) atoms. The van der Waals surface area contributed by atoms with Gasteiger partial charge in [-0.3, -0.25) is 9.78 Å². The van der Waals surface area contributed by atoms with E-state index in [0.29, 0.717) is 24.9 Å². The summed E-state index contributed by atoms with van der Waals surface area (Å²) in [6, 6.07) is 7.33. The van der Waals surface area contributed by atoms with Gasteiger partial charge in [-0.1, -0.05) is 0 Å². The number of sulfonamides is 1. The fourth-order valence-corrected chi connectivity index (χ4v) is 4.91. The van der Waals surface area contributed by atoms with Crippen LogP contribution in [0.3, 0.4) is 0 Å². The minimum Gasteiger partial charge on any atom is -0.352 e. The van der Waals surface area contributed by atoms with Gasteiger partial charge in [0.15, 0.2) is 0 Å². The van der Waals surface area contributed by atoms with E-state index in [0.717, 1.165) is 11.6 Å². The van der Waals surface area contributed by atoms with Gasteiger partial charge >= 0.3 is 0 Å². The normalized spacial score (nSPS) is 16.2. The van der Waals surface area contributed by atoms with Crippen molar-refractivity contribution < 1.29 is 17.6 Å². The molecular formula is C19H22FN3O3S. The zero-order valence-electron chi connectivity index (χ0n) is 15.1. The molecule has 2 aromatic rings. The Morgan fingerprint density at radius 1 is 1.22 bits per heavy atom. The lowest BCUT2D eigenvalue weighted by atomic mass is 9.97. The number of piperidine rings is 1. The van der Waals surface area contributed by atoms with Gasteiger partial charge in [0.1, 0.15) is 5.82 Å². The number of aryl methyl sites for hydroxylation is 1. The van der Waals surface area contributed by atoms with Crippen molar-refractivity contribution >= 4 is 15.9 Å². The van der Waals surface area contributed by atoms with Crippen LogP contribution < -0.4 is 5.32 Å². The fourth-order valence-electron chi connectivity index (χ4n) is 3.23. The number of pyridine rings is 1. The van der Waals surface area contributed by atoms with Gasteiger partial charge in [0.05, 0.1) is 4.90 Å². The lowest BCUT2D eigenvalue weighted by Crippen LogP contribution is -2.43. The van der Waals surface area contributed by atoms with Crippen LogP contribution in [0.15, 0.2) is 47.6 Å². The Balaban J connectivity index is 1.58. The molecule has 1 aromatic heterocycles. The first-order chi connectivity index (χ1) is 12.9. The van der Waals surface area contributed by atoms with Gasteiger partial charge < -0.3 is 5.32 Å². The molecule has 1 saturated heterocycles. The van der Waals surface area contributed by atoms with Crippen LogP contribution in [-0.2, 0) is 21.4 Å². The van der Waals surface area contributed by atoms with Crippen LogP contribution in [0.4, 0.5) is 4.39 Å². The number of amides is 1. The SMILES string of the molecule is Cc1cc(F)ccc1S(=O)(=O)N1CCC(C(=O)NCc2ccncc2)CC1. The molecule has 1 aliphatic heterocycles. The van der Waals surface area contributed by atoms with E-state index in [2.05, 4.69) is 10.3 Å². The number of nitrogens with one attached hydrogen (secondary N) is 1. The van der Waals surface area contributed by atoms with Gasteiger partial charge in [-0.25, -0.2) is 12.8 Å². The molecule has 2 heterocycles. The first kappa shape index (κ1) is 19.4. The molecule has 1 aliphatic rings. The molecule has 8 heteroatoms. The van der Waals surface area contributed by atoms with E-state index < -0.39 is 15.8 Å². The van der Waals surface area contributed by atoms with Crippen LogP contribution in [-0.4, -0.2) is 36.7 Å². The van der Waals surface area contributed by atoms with Crippen molar-refractivity contribution in [1.82, 2.24) is 14.6 Å². The number of hydrogen-bond acceptors (Lipinski definition) is 4. The summed E-state index contributed by atoms with van der Waals surface area (Å²) in [6.45, 7) is 2.54. The number of aromatic nitrogens is 1. The Bertz CT molecular complexity index is 911. The molecule has 1 fully saturated rings. The monoisotopic (exact) mass is 391 g/mol. The average Bonchev–Trinajstić information content (AvgIpc) is 2.66. The molecule has 0 saturated carbocycles. The summed E-state index contributed by atoms with van der Waals surface area (Å²) < 4.78 is 40.2. The summed E-state index contributed by atoms with van der Waals surface area (Å²) in [5.74, 6) is -0.745. The summed E-state index contributed by atoms with van der Waals surface area (Å²) in [6.07, 6.45) is 4.26. The summed E-state index contributed by atoms with van der Waals surface area (Å²) in [5.41, 5.74) is 1.34. The molecule has 0 unspecified atom stereocenters. The van der Waals surface area contributed by atoms with Crippen LogP contribution >= 0.6 is 0 Å². The predicted molar refractivity (Wildman–Crippen MR) is 98.7 cm³/mol. The van der Waals surface area contributed by atoms with Crippen LogP contribution in [0, 0.1) is 18.7 Å². The van der Waals surface area contributed by atoms with E-state index >= 15 is 0 Å². The van der Waals surface area contributed by atoms with E-state index in [1.54, 1.807) is 19.3 Å². The van der Waals surface area contributed by atoms with E-state index in [1.165, 1.54) is 16.4 Å². The molecule has 0 atom stereocenters. The molecule has 6 nitrogen and oxygen atoms in total. The second kappa shape index (κ2) is 8.14. The highest BCUT2D eigenvalue weighted by atomic mass is 32.2. The molecule has 1 amide bonds. The van der Waals surface area contributed by atoms with Gasteiger partial charge in [0.25, 0.3) is 0 Å². The van der Waals surface area contributed by atoms with Gasteiger partial charge in [-0.05, 0) is 61.2 Å². The highest BCUT2D eigenvalue weighted by Gasteiger charge is 2.32. The molecule has 0 radical (unpaired) electrons. The minimum atomic E-state index is -3.69. The maximum absolute atomic E-state index is 13.3. The lowest BCUT2D eigenvalue weighted by molar-refractivity contribution is -0.126. The largest absolute Gasteiger partial charge is 0.352 e.